The lowest BCUT2D eigenvalue weighted by molar-refractivity contribution is 0.501. The van der Waals surface area contributed by atoms with E-state index < -0.39 is 0 Å². The van der Waals surface area contributed by atoms with Gasteiger partial charge in [-0.05, 0) is 57.3 Å². The van der Waals surface area contributed by atoms with Gasteiger partial charge in [-0.25, -0.2) is 0 Å². The van der Waals surface area contributed by atoms with Gasteiger partial charge in [-0.3, -0.25) is 0 Å². The summed E-state index contributed by atoms with van der Waals surface area (Å²) >= 11 is 0. The molecule has 0 aromatic rings. The van der Waals surface area contributed by atoms with Crippen molar-refractivity contribution in [3.8, 4) is 0 Å². The third kappa shape index (κ3) is 15.5. The molecule has 0 amide bonds. The topological polar surface area (TPSA) is 0 Å². The predicted octanol–water partition coefficient (Wildman–Crippen LogP) is 7.46. The summed E-state index contributed by atoms with van der Waals surface area (Å²) in [4.78, 5) is 0. The second-order valence-electron chi connectivity index (χ2n) is 6.19. The maximum absolute atomic E-state index is 2.40. The van der Waals surface area contributed by atoms with Crippen LogP contribution in [-0.2, 0) is 0 Å². The number of unbranched alkanes of at least 4 members (excludes halogenated alkanes) is 6. The molecule has 20 heavy (non-hydrogen) atoms. The zero-order valence-electron chi connectivity index (χ0n) is 14.4. The Labute approximate surface area is 128 Å². The molecular formula is C20H38. The van der Waals surface area contributed by atoms with Gasteiger partial charge in [0.15, 0.2) is 0 Å². The molecule has 0 aliphatic heterocycles. The molecule has 0 nitrogen and oxygen atoms in total. The van der Waals surface area contributed by atoms with E-state index in [0.717, 1.165) is 5.92 Å². The van der Waals surface area contributed by atoms with Crippen molar-refractivity contribution in [3.05, 3.63) is 24.3 Å². The van der Waals surface area contributed by atoms with Gasteiger partial charge in [-0.2, -0.15) is 0 Å². The van der Waals surface area contributed by atoms with E-state index in [4.69, 9.17) is 0 Å². The van der Waals surface area contributed by atoms with Crippen LogP contribution in [0.1, 0.15) is 97.8 Å². The van der Waals surface area contributed by atoms with E-state index in [9.17, 15) is 0 Å². The average Bonchev–Trinajstić information content (AvgIpc) is 2.45. The molecule has 0 heteroatoms. The van der Waals surface area contributed by atoms with Crippen LogP contribution in [0.15, 0.2) is 24.3 Å². The van der Waals surface area contributed by atoms with Crippen LogP contribution >= 0.6 is 0 Å². The monoisotopic (exact) mass is 278 g/mol. The van der Waals surface area contributed by atoms with Gasteiger partial charge >= 0.3 is 0 Å². The Morgan fingerprint density at radius 3 is 1.40 bits per heavy atom. The highest BCUT2D eigenvalue weighted by atomic mass is 14.0. The highest BCUT2D eigenvalue weighted by molar-refractivity contribution is 4.84. The fourth-order valence-electron chi connectivity index (χ4n) is 2.40. The molecule has 0 aromatic heterocycles. The molecule has 0 atom stereocenters. The van der Waals surface area contributed by atoms with Gasteiger partial charge in [0.1, 0.15) is 0 Å². The summed E-state index contributed by atoms with van der Waals surface area (Å²) in [5, 5.41) is 0. The van der Waals surface area contributed by atoms with Crippen molar-refractivity contribution < 1.29 is 0 Å². The molecule has 0 rings (SSSR count). The molecule has 0 aromatic carbocycles. The number of hydrogen-bond donors (Lipinski definition) is 0. The van der Waals surface area contributed by atoms with Crippen LogP contribution in [0.2, 0.25) is 0 Å². The first-order chi connectivity index (χ1) is 9.81. The molecule has 0 spiro atoms. The third-order valence-electron chi connectivity index (χ3n) is 3.93. The summed E-state index contributed by atoms with van der Waals surface area (Å²) in [6, 6.07) is 0. The van der Waals surface area contributed by atoms with Crippen molar-refractivity contribution in [3.63, 3.8) is 0 Å². The number of rotatable bonds is 14. The van der Waals surface area contributed by atoms with E-state index in [1.807, 2.05) is 0 Å². The summed E-state index contributed by atoms with van der Waals surface area (Å²) in [6.07, 6.45) is 25.5. The van der Waals surface area contributed by atoms with Crippen LogP contribution in [0, 0.1) is 5.92 Å². The molecule has 0 saturated carbocycles. The Hall–Kier alpha value is -0.520. The van der Waals surface area contributed by atoms with Crippen molar-refractivity contribution in [1.29, 1.82) is 0 Å². The van der Waals surface area contributed by atoms with E-state index >= 15 is 0 Å². The minimum absolute atomic E-state index is 0.871. The van der Waals surface area contributed by atoms with Crippen LogP contribution in [0.4, 0.5) is 0 Å². The first-order valence-electron chi connectivity index (χ1n) is 9.11. The smallest absolute Gasteiger partial charge is 0.0348 e. The summed E-state index contributed by atoms with van der Waals surface area (Å²) in [7, 11) is 0. The summed E-state index contributed by atoms with van der Waals surface area (Å²) in [6.45, 7) is 6.93. The molecule has 0 saturated heterocycles. The van der Waals surface area contributed by atoms with Crippen molar-refractivity contribution >= 4 is 0 Å². The van der Waals surface area contributed by atoms with Crippen molar-refractivity contribution in [2.45, 2.75) is 97.8 Å². The number of hydrogen-bond acceptors (Lipinski definition) is 0. The predicted molar refractivity (Wildman–Crippen MR) is 94.2 cm³/mol. The zero-order chi connectivity index (χ0) is 14.9. The summed E-state index contributed by atoms with van der Waals surface area (Å²) in [5.74, 6) is 0.871. The highest BCUT2D eigenvalue weighted by Crippen LogP contribution is 2.14. The van der Waals surface area contributed by atoms with Gasteiger partial charge in [0.2, 0.25) is 0 Å². The Kier molecular flexibility index (Phi) is 16.1. The summed E-state index contributed by atoms with van der Waals surface area (Å²) in [5.41, 5.74) is 0. The molecule has 0 bridgehead atoms. The van der Waals surface area contributed by atoms with Crippen LogP contribution in [0.25, 0.3) is 0 Å². The summed E-state index contributed by atoms with van der Waals surface area (Å²) < 4.78 is 0. The van der Waals surface area contributed by atoms with E-state index in [1.54, 1.807) is 0 Å². The Morgan fingerprint density at radius 1 is 0.600 bits per heavy atom. The Bertz CT molecular complexity index is 200. The Balaban J connectivity index is 3.33. The molecule has 0 heterocycles. The standard InChI is InChI=1S/C20H38/c1-4-6-8-10-12-14-16-18-20(3)19-17-15-13-11-9-7-5-2/h12-15,20H,4-11,16-19H2,1-3H3/b14-12-,15-13-. The van der Waals surface area contributed by atoms with Crippen LogP contribution in [0.3, 0.4) is 0 Å². The molecule has 0 unspecified atom stereocenters. The maximum Gasteiger partial charge on any atom is -0.0348 e. The third-order valence-corrected chi connectivity index (χ3v) is 3.93. The van der Waals surface area contributed by atoms with E-state index in [1.165, 1.54) is 77.0 Å². The largest absolute Gasteiger partial charge is 0.0885 e. The Morgan fingerprint density at radius 2 is 1.00 bits per heavy atom. The van der Waals surface area contributed by atoms with Crippen molar-refractivity contribution in [2.24, 2.45) is 5.92 Å². The normalized spacial score (nSPS) is 12.2. The number of allylic oxidation sites excluding steroid dienone is 4. The van der Waals surface area contributed by atoms with Gasteiger partial charge in [-0.1, -0.05) is 70.8 Å². The van der Waals surface area contributed by atoms with Gasteiger partial charge in [0, 0.05) is 0 Å². The fourth-order valence-corrected chi connectivity index (χ4v) is 2.40. The minimum Gasteiger partial charge on any atom is -0.0885 e. The van der Waals surface area contributed by atoms with Crippen molar-refractivity contribution in [2.75, 3.05) is 0 Å². The van der Waals surface area contributed by atoms with Gasteiger partial charge < -0.3 is 0 Å². The van der Waals surface area contributed by atoms with Crippen LogP contribution in [-0.4, -0.2) is 0 Å². The maximum atomic E-state index is 2.40. The quantitative estimate of drug-likeness (QED) is 0.228. The van der Waals surface area contributed by atoms with Crippen molar-refractivity contribution in [1.82, 2.24) is 0 Å². The molecule has 118 valence electrons. The lowest BCUT2D eigenvalue weighted by Crippen LogP contribution is -1.92. The van der Waals surface area contributed by atoms with Gasteiger partial charge in [0.25, 0.3) is 0 Å². The molecule has 0 N–H and O–H groups in total. The van der Waals surface area contributed by atoms with Crippen LogP contribution in [0.5, 0.6) is 0 Å². The first-order valence-corrected chi connectivity index (χ1v) is 9.11. The van der Waals surface area contributed by atoms with E-state index in [-0.39, 0.29) is 0 Å². The molecule has 0 radical (unpaired) electrons. The SMILES string of the molecule is CCCCC/C=C\CCC(C)CC/C=C\CCCCC. The lowest BCUT2D eigenvalue weighted by atomic mass is 9.99. The van der Waals surface area contributed by atoms with Crippen LogP contribution < -0.4 is 0 Å². The molecular weight excluding hydrogens is 240 g/mol. The van der Waals surface area contributed by atoms with Gasteiger partial charge in [0.05, 0.1) is 0 Å². The van der Waals surface area contributed by atoms with E-state index in [2.05, 4.69) is 45.1 Å². The second kappa shape index (κ2) is 16.5. The fraction of sp³-hybridized carbons (Fsp3) is 0.800. The zero-order valence-corrected chi connectivity index (χ0v) is 14.4. The minimum atomic E-state index is 0.871. The molecule has 0 aliphatic carbocycles. The highest BCUT2D eigenvalue weighted by Gasteiger charge is 1.98. The lowest BCUT2D eigenvalue weighted by Gasteiger charge is -2.07. The molecule has 0 fully saturated rings. The van der Waals surface area contributed by atoms with E-state index in [0.29, 0.717) is 0 Å². The molecule has 0 aliphatic rings. The first kappa shape index (κ1) is 19.5. The van der Waals surface area contributed by atoms with Gasteiger partial charge in [-0.15, -0.1) is 0 Å². The second-order valence-corrected chi connectivity index (χ2v) is 6.19. The average molecular weight is 279 g/mol.